The Hall–Kier alpha value is -1.56. The fraction of sp³-hybridized carbons (Fsp3) is 0.765. The molecule has 0 aliphatic carbocycles. The van der Waals surface area contributed by atoms with Crippen molar-refractivity contribution in [2.75, 3.05) is 19.6 Å². The topological polar surface area (TPSA) is 59.4 Å². The fourth-order valence-electron chi connectivity index (χ4n) is 2.83. The zero-order valence-corrected chi connectivity index (χ0v) is 15.2. The van der Waals surface area contributed by atoms with Gasteiger partial charge in [0.1, 0.15) is 5.60 Å². The summed E-state index contributed by atoms with van der Waals surface area (Å²) in [7, 11) is 1.92. The van der Waals surface area contributed by atoms with E-state index in [1.807, 2.05) is 49.8 Å². The maximum absolute atomic E-state index is 12.2. The van der Waals surface area contributed by atoms with Crippen LogP contribution in [0, 0.1) is 5.41 Å². The van der Waals surface area contributed by atoms with E-state index >= 15 is 0 Å². The molecule has 2 heterocycles. The van der Waals surface area contributed by atoms with Gasteiger partial charge in [-0.05, 0) is 39.5 Å². The van der Waals surface area contributed by atoms with Gasteiger partial charge in [-0.15, -0.1) is 0 Å². The summed E-state index contributed by atoms with van der Waals surface area (Å²) in [5.41, 5.74) is 0.814. The van der Waals surface area contributed by atoms with Crippen molar-refractivity contribution in [1.29, 1.82) is 0 Å². The summed E-state index contributed by atoms with van der Waals surface area (Å²) >= 11 is 0. The lowest BCUT2D eigenvalue weighted by molar-refractivity contribution is 0.0275. The van der Waals surface area contributed by atoms with Crippen molar-refractivity contribution in [2.45, 2.75) is 52.7 Å². The van der Waals surface area contributed by atoms with Gasteiger partial charge in [0.05, 0.1) is 6.20 Å². The molecule has 1 saturated heterocycles. The predicted octanol–water partition coefficient (Wildman–Crippen LogP) is 2.72. The van der Waals surface area contributed by atoms with Crippen molar-refractivity contribution in [3.63, 3.8) is 0 Å². The summed E-state index contributed by atoms with van der Waals surface area (Å²) in [5.74, 6) is 0. The molecule has 1 N–H and O–H groups in total. The molecule has 1 aromatic heterocycles. The van der Waals surface area contributed by atoms with E-state index in [9.17, 15) is 4.79 Å². The number of hydrogen-bond donors (Lipinski definition) is 1. The molecule has 1 amide bonds. The minimum absolute atomic E-state index is 0.0768. The van der Waals surface area contributed by atoms with Crippen molar-refractivity contribution in [1.82, 2.24) is 20.0 Å². The van der Waals surface area contributed by atoms with E-state index in [2.05, 4.69) is 24.3 Å². The Balaban J connectivity index is 1.85. The van der Waals surface area contributed by atoms with Crippen LogP contribution < -0.4 is 5.32 Å². The molecule has 1 aliphatic heterocycles. The molecule has 0 unspecified atom stereocenters. The van der Waals surface area contributed by atoms with Gasteiger partial charge in [0.25, 0.3) is 0 Å². The molecular formula is C17H30N4O2. The maximum Gasteiger partial charge on any atom is 0.410 e. The van der Waals surface area contributed by atoms with Crippen molar-refractivity contribution in [3.8, 4) is 0 Å². The van der Waals surface area contributed by atoms with Crippen LogP contribution in [0.1, 0.15) is 52.6 Å². The van der Waals surface area contributed by atoms with Crippen LogP contribution in [0.4, 0.5) is 4.79 Å². The van der Waals surface area contributed by atoms with Gasteiger partial charge in [0, 0.05) is 44.5 Å². The van der Waals surface area contributed by atoms with Crippen LogP contribution in [0.3, 0.4) is 0 Å². The summed E-state index contributed by atoms with van der Waals surface area (Å²) in [6.45, 7) is 12.4. The highest BCUT2D eigenvalue weighted by atomic mass is 16.6. The third-order valence-corrected chi connectivity index (χ3v) is 4.27. The van der Waals surface area contributed by atoms with E-state index in [1.54, 1.807) is 0 Å². The number of aromatic nitrogens is 2. The second-order valence-corrected chi connectivity index (χ2v) is 8.01. The van der Waals surface area contributed by atoms with Crippen LogP contribution in [0.25, 0.3) is 0 Å². The van der Waals surface area contributed by atoms with E-state index in [0.717, 1.165) is 26.1 Å². The maximum atomic E-state index is 12.2. The number of rotatable bonds is 4. The van der Waals surface area contributed by atoms with E-state index in [0.29, 0.717) is 0 Å². The first-order valence-corrected chi connectivity index (χ1v) is 8.28. The molecule has 6 heteroatoms. The summed E-state index contributed by atoms with van der Waals surface area (Å²) in [5, 5.41) is 7.78. The van der Waals surface area contributed by atoms with Gasteiger partial charge in [-0.1, -0.05) is 6.92 Å². The minimum atomic E-state index is -0.441. The third-order valence-electron chi connectivity index (χ3n) is 4.27. The van der Waals surface area contributed by atoms with Crippen LogP contribution in [-0.4, -0.2) is 46.0 Å². The van der Waals surface area contributed by atoms with Crippen LogP contribution in [0.5, 0.6) is 0 Å². The molecule has 6 nitrogen and oxygen atoms in total. The average Bonchev–Trinajstić information content (AvgIpc) is 3.01. The molecule has 0 radical (unpaired) electrons. The second kappa shape index (κ2) is 6.51. The van der Waals surface area contributed by atoms with Crippen molar-refractivity contribution in [3.05, 3.63) is 18.0 Å². The van der Waals surface area contributed by atoms with Crippen molar-refractivity contribution in [2.24, 2.45) is 12.5 Å². The standard InChI is InChI=1S/C17H30N4O2/c1-13(14-9-19-20(6)10-14)18-11-17(5)7-8-21(12-17)15(22)23-16(2,3)4/h9-10,13,18H,7-8,11-12H2,1-6H3/t13-,17-/m0/s1. The molecule has 1 fully saturated rings. The highest BCUT2D eigenvalue weighted by Gasteiger charge is 2.37. The van der Waals surface area contributed by atoms with Gasteiger partial charge in [-0.25, -0.2) is 4.79 Å². The van der Waals surface area contributed by atoms with Gasteiger partial charge in [0.2, 0.25) is 0 Å². The third kappa shape index (κ3) is 4.96. The number of ether oxygens (including phenoxy) is 1. The molecule has 2 rings (SSSR count). The molecule has 0 spiro atoms. The van der Waals surface area contributed by atoms with Crippen LogP contribution in [-0.2, 0) is 11.8 Å². The number of nitrogens with one attached hydrogen (secondary N) is 1. The first-order valence-electron chi connectivity index (χ1n) is 8.28. The lowest BCUT2D eigenvalue weighted by Gasteiger charge is -2.28. The molecular weight excluding hydrogens is 292 g/mol. The SMILES string of the molecule is C[C@H](NC[C@]1(C)CCN(C(=O)OC(C)(C)C)C1)c1cnn(C)c1. The highest BCUT2D eigenvalue weighted by molar-refractivity contribution is 5.68. The highest BCUT2D eigenvalue weighted by Crippen LogP contribution is 2.31. The van der Waals surface area contributed by atoms with Crippen LogP contribution in [0.2, 0.25) is 0 Å². The molecule has 0 aromatic carbocycles. The van der Waals surface area contributed by atoms with Gasteiger partial charge < -0.3 is 15.0 Å². The number of amides is 1. The Kier molecular flexibility index (Phi) is 5.04. The fourth-order valence-corrected chi connectivity index (χ4v) is 2.83. The number of nitrogens with zero attached hydrogens (tertiary/aromatic N) is 3. The van der Waals surface area contributed by atoms with Crippen molar-refractivity contribution >= 4 is 6.09 Å². The van der Waals surface area contributed by atoms with Gasteiger partial charge in [0.15, 0.2) is 0 Å². The lowest BCUT2D eigenvalue weighted by atomic mass is 9.89. The second-order valence-electron chi connectivity index (χ2n) is 8.01. The molecule has 23 heavy (non-hydrogen) atoms. The number of carbonyl (C=O) groups excluding carboxylic acids is 1. The minimum Gasteiger partial charge on any atom is -0.444 e. The molecule has 1 aromatic rings. The van der Waals surface area contributed by atoms with Crippen molar-refractivity contribution < 1.29 is 9.53 Å². The van der Waals surface area contributed by atoms with Gasteiger partial charge in [-0.3, -0.25) is 4.68 Å². The monoisotopic (exact) mass is 322 g/mol. The number of likely N-dealkylation sites (tertiary alicyclic amines) is 1. The van der Waals surface area contributed by atoms with Gasteiger partial charge in [-0.2, -0.15) is 5.10 Å². The Morgan fingerprint density at radius 2 is 2.22 bits per heavy atom. The first-order chi connectivity index (χ1) is 10.6. The number of hydrogen-bond acceptors (Lipinski definition) is 4. The normalized spacial score (nSPS) is 23.1. The quantitative estimate of drug-likeness (QED) is 0.926. The van der Waals surface area contributed by atoms with E-state index in [1.165, 1.54) is 5.56 Å². The van der Waals surface area contributed by atoms with Crippen LogP contribution >= 0.6 is 0 Å². The number of aryl methyl sites for hydroxylation is 1. The Morgan fingerprint density at radius 1 is 1.52 bits per heavy atom. The van der Waals surface area contributed by atoms with E-state index in [4.69, 9.17) is 4.74 Å². The van der Waals surface area contributed by atoms with E-state index in [-0.39, 0.29) is 17.6 Å². The summed E-state index contributed by atoms with van der Waals surface area (Å²) in [6, 6.07) is 0.246. The molecule has 1 aliphatic rings. The molecule has 0 bridgehead atoms. The Labute approximate surface area is 139 Å². The largest absolute Gasteiger partial charge is 0.444 e. The predicted molar refractivity (Wildman–Crippen MR) is 90.2 cm³/mol. The smallest absolute Gasteiger partial charge is 0.410 e. The summed E-state index contributed by atoms with van der Waals surface area (Å²) in [6.07, 6.45) is 4.70. The lowest BCUT2D eigenvalue weighted by Crippen LogP contribution is -2.39. The molecule has 130 valence electrons. The molecule has 0 saturated carbocycles. The number of carbonyl (C=O) groups is 1. The Bertz CT molecular complexity index is 549. The van der Waals surface area contributed by atoms with Gasteiger partial charge >= 0.3 is 6.09 Å². The zero-order chi connectivity index (χ0) is 17.3. The van der Waals surface area contributed by atoms with Crippen LogP contribution in [0.15, 0.2) is 12.4 Å². The zero-order valence-electron chi connectivity index (χ0n) is 15.2. The summed E-state index contributed by atoms with van der Waals surface area (Å²) in [4.78, 5) is 14.0. The first kappa shape index (κ1) is 17.8. The molecule has 2 atom stereocenters. The average molecular weight is 322 g/mol. The summed E-state index contributed by atoms with van der Waals surface area (Å²) < 4.78 is 7.28. The Morgan fingerprint density at radius 3 is 2.78 bits per heavy atom. The van der Waals surface area contributed by atoms with E-state index < -0.39 is 5.60 Å².